The van der Waals surface area contributed by atoms with Gasteiger partial charge in [-0.05, 0) is 31.2 Å². The quantitative estimate of drug-likeness (QED) is 0.369. The van der Waals surface area contributed by atoms with Gasteiger partial charge in [-0.25, -0.2) is 5.43 Å². The van der Waals surface area contributed by atoms with Crippen LogP contribution in [0.15, 0.2) is 39.7 Å². The van der Waals surface area contributed by atoms with E-state index in [0.29, 0.717) is 17.9 Å². The van der Waals surface area contributed by atoms with Crippen molar-refractivity contribution in [1.29, 1.82) is 0 Å². The molecule has 0 radical (unpaired) electrons. The number of nitrogens with zero attached hydrogens (tertiary/aromatic N) is 4. The van der Waals surface area contributed by atoms with Crippen LogP contribution in [0.5, 0.6) is 0 Å². The number of rotatable bonds is 6. The number of hydrogen-bond donors (Lipinski definition) is 1. The van der Waals surface area contributed by atoms with Gasteiger partial charge in [0.1, 0.15) is 0 Å². The van der Waals surface area contributed by atoms with Crippen molar-refractivity contribution in [2.24, 2.45) is 15.4 Å². The average Bonchev–Trinajstić information content (AvgIpc) is 2.41. The van der Waals surface area contributed by atoms with E-state index in [9.17, 15) is 4.79 Å². The van der Waals surface area contributed by atoms with Crippen molar-refractivity contribution in [3.05, 3.63) is 29.8 Å². The van der Waals surface area contributed by atoms with Gasteiger partial charge in [0.05, 0.1) is 12.3 Å². The van der Waals surface area contributed by atoms with Crippen molar-refractivity contribution in [3.8, 4) is 0 Å². The maximum Gasteiger partial charge on any atom is 0.271 e. The van der Waals surface area contributed by atoms with Crippen molar-refractivity contribution in [2.75, 3.05) is 20.7 Å². The molecule has 0 fully saturated rings. The Morgan fingerprint density at radius 3 is 2.63 bits per heavy atom. The lowest BCUT2D eigenvalue weighted by Crippen LogP contribution is -2.17. The van der Waals surface area contributed by atoms with Crippen LogP contribution in [0.3, 0.4) is 0 Å². The Balaban J connectivity index is 2.58. The van der Waals surface area contributed by atoms with E-state index in [1.54, 1.807) is 43.4 Å². The number of amides is 1. The minimum atomic E-state index is -0.313. The Labute approximate surface area is 111 Å². The lowest BCUT2D eigenvalue weighted by atomic mass is 10.2. The molecule has 1 aromatic rings. The monoisotopic (exact) mass is 263 g/mol. The van der Waals surface area contributed by atoms with Gasteiger partial charge >= 0.3 is 0 Å². The first kappa shape index (κ1) is 14.6. The predicted octanol–water partition coefficient (Wildman–Crippen LogP) is 1.96. The highest BCUT2D eigenvalue weighted by atomic mass is 16.5. The second-order valence-electron chi connectivity index (χ2n) is 3.71. The fourth-order valence-electron chi connectivity index (χ4n) is 1.08. The van der Waals surface area contributed by atoms with Crippen LogP contribution in [0.4, 0.5) is 5.69 Å². The van der Waals surface area contributed by atoms with Gasteiger partial charge in [-0.15, -0.1) is 10.2 Å². The van der Waals surface area contributed by atoms with E-state index < -0.39 is 0 Å². The number of carbonyl (C=O) groups is 1. The summed E-state index contributed by atoms with van der Waals surface area (Å²) in [5.74, 6) is -0.313. The van der Waals surface area contributed by atoms with Gasteiger partial charge in [-0.2, -0.15) is 0 Å². The standard InChI is InChI=1S/C12H17N5O2/c1-4-19-9-13-15-12(18)10-5-7-11(8-6-10)14-16-17(2)3/h5-9H,4H2,1-3H3,(H,15,18)/b13-9+,16-14?. The van der Waals surface area contributed by atoms with E-state index in [1.807, 2.05) is 6.92 Å². The van der Waals surface area contributed by atoms with Crippen LogP contribution in [-0.2, 0) is 4.74 Å². The maximum atomic E-state index is 11.6. The molecule has 7 heteroatoms. The van der Waals surface area contributed by atoms with Gasteiger partial charge in [-0.3, -0.25) is 9.80 Å². The molecule has 0 atom stereocenters. The third-order valence-corrected chi connectivity index (χ3v) is 1.93. The van der Waals surface area contributed by atoms with Gasteiger partial charge in [0.25, 0.3) is 5.91 Å². The van der Waals surface area contributed by atoms with Crippen LogP contribution in [0.2, 0.25) is 0 Å². The van der Waals surface area contributed by atoms with Crippen molar-refractivity contribution >= 4 is 18.0 Å². The molecular formula is C12H17N5O2. The third-order valence-electron chi connectivity index (χ3n) is 1.93. The van der Waals surface area contributed by atoms with E-state index in [4.69, 9.17) is 4.74 Å². The zero-order valence-electron chi connectivity index (χ0n) is 11.2. The largest absolute Gasteiger partial charge is 0.482 e. The Morgan fingerprint density at radius 1 is 1.37 bits per heavy atom. The third kappa shape index (κ3) is 5.62. The minimum absolute atomic E-state index is 0.313. The minimum Gasteiger partial charge on any atom is -0.482 e. The number of hydrogen-bond acceptors (Lipinski definition) is 5. The van der Waals surface area contributed by atoms with Crippen molar-refractivity contribution in [1.82, 2.24) is 10.4 Å². The molecule has 1 N–H and O–H groups in total. The summed E-state index contributed by atoms with van der Waals surface area (Å²) in [7, 11) is 3.56. The molecule has 0 bridgehead atoms. The van der Waals surface area contributed by atoms with E-state index in [1.165, 1.54) is 6.40 Å². The number of carbonyl (C=O) groups excluding carboxylic acids is 1. The first-order valence-electron chi connectivity index (χ1n) is 5.76. The highest BCUT2D eigenvalue weighted by Crippen LogP contribution is 2.13. The SMILES string of the molecule is CCO/C=N/NC(=O)c1ccc(N=NN(C)C)cc1. The fourth-order valence-corrected chi connectivity index (χ4v) is 1.08. The maximum absolute atomic E-state index is 11.6. The molecule has 0 saturated carbocycles. The van der Waals surface area contributed by atoms with Gasteiger partial charge in [0.15, 0.2) is 6.40 Å². The van der Waals surface area contributed by atoms with Crippen LogP contribution < -0.4 is 5.43 Å². The summed E-state index contributed by atoms with van der Waals surface area (Å²) in [6, 6.07) is 6.70. The summed E-state index contributed by atoms with van der Waals surface area (Å²) in [4.78, 5) is 11.6. The lowest BCUT2D eigenvalue weighted by molar-refractivity contribution is 0.0953. The first-order valence-corrected chi connectivity index (χ1v) is 5.76. The Morgan fingerprint density at radius 2 is 2.05 bits per heavy atom. The zero-order chi connectivity index (χ0) is 14.1. The Bertz CT molecular complexity index is 454. The molecule has 1 amide bonds. The summed E-state index contributed by atoms with van der Waals surface area (Å²) in [6.45, 7) is 2.33. The van der Waals surface area contributed by atoms with Gasteiger partial charge in [-0.1, -0.05) is 5.22 Å². The highest BCUT2D eigenvalue weighted by molar-refractivity contribution is 5.94. The molecule has 0 spiro atoms. The first-order chi connectivity index (χ1) is 9.13. The second-order valence-corrected chi connectivity index (χ2v) is 3.71. The second kappa shape index (κ2) is 7.80. The van der Waals surface area contributed by atoms with Gasteiger partial charge in [0, 0.05) is 19.7 Å². The molecular weight excluding hydrogens is 246 g/mol. The lowest BCUT2D eigenvalue weighted by Gasteiger charge is -2.02. The van der Waals surface area contributed by atoms with Crippen molar-refractivity contribution in [3.63, 3.8) is 0 Å². The molecule has 0 aliphatic carbocycles. The smallest absolute Gasteiger partial charge is 0.271 e. The normalized spacial score (nSPS) is 10.9. The Hall–Kier alpha value is -2.44. The number of hydrazone groups is 1. The van der Waals surface area contributed by atoms with Crippen LogP contribution in [0, 0.1) is 0 Å². The number of benzene rings is 1. The summed E-state index contributed by atoms with van der Waals surface area (Å²) in [6.07, 6.45) is 1.19. The van der Waals surface area contributed by atoms with E-state index in [-0.39, 0.29) is 5.91 Å². The molecule has 0 aromatic heterocycles. The number of ether oxygens (including phenoxy) is 1. The van der Waals surface area contributed by atoms with E-state index in [0.717, 1.165) is 0 Å². The van der Waals surface area contributed by atoms with Crippen LogP contribution in [0.25, 0.3) is 0 Å². The molecule has 19 heavy (non-hydrogen) atoms. The molecule has 0 unspecified atom stereocenters. The zero-order valence-corrected chi connectivity index (χ0v) is 11.2. The molecule has 0 heterocycles. The molecule has 1 aromatic carbocycles. The summed E-state index contributed by atoms with van der Waals surface area (Å²) in [5.41, 5.74) is 3.50. The summed E-state index contributed by atoms with van der Waals surface area (Å²) >= 11 is 0. The predicted molar refractivity (Wildman–Crippen MR) is 72.2 cm³/mol. The summed E-state index contributed by atoms with van der Waals surface area (Å²) in [5, 5.41) is 13.0. The van der Waals surface area contributed by atoms with Gasteiger partial charge < -0.3 is 4.74 Å². The highest BCUT2D eigenvalue weighted by Gasteiger charge is 2.03. The number of nitrogens with one attached hydrogen (secondary N) is 1. The molecule has 0 aliphatic heterocycles. The Kier molecular flexibility index (Phi) is 6.00. The van der Waals surface area contributed by atoms with Gasteiger partial charge in [0.2, 0.25) is 0 Å². The fraction of sp³-hybridized carbons (Fsp3) is 0.333. The summed E-state index contributed by atoms with van der Waals surface area (Å²) < 4.78 is 4.85. The molecule has 0 saturated heterocycles. The van der Waals surface area contributed by atoms with Crippen LogP contribution in [-0.4, -0.2) is 38.0 Å². The molecule has 0 aliphatic rings. The molecule has 1 rings (SSSR count). The van der Waals surface area contributed by atoms with E-state index >= 15 is 0 Å². The van der Waals surface area contributed by atoms with Crippen molar-refractivity contribution in [2.45, 2.75) is 6.92 Å². The van der Waals surface area contributed by atoms with Crippen molar-refractivity contribution < 1.29 is 9.53 Å². The molecule has 7 nitrogen and oxygen atoms in total. The molecule has 102 valence electrons. The van der Waals surface area contributed by atoms with Crippen LogP contribution in [0.1, 0.15) is 17.3 Å². The van der Waals surface area contributed by atoms with E-state index in [2.05, 4.69) is 20.9 Å². The van der Waals surface area contributed by atoms with Crippen LogP contribution >= 0.6 is 0 Å². The topological polar surface area (TPSA) is 78.6 Å². The average molecular weight is 263 g/mol.